The van der Waals surface area contributed by atoms with Crippen molar-refractivity contribution in [2.75, 3.05) is 13.6 Å². The fourth-order valence-electron chi connectivity index (χ4n) is 1.32. The Kier molecular flexibility index (Phi) is 4.63. The van der Waals surface area contributed by atoms with Crippen molar-refractivity contribution < 1.29 is 9.59 Å². The van der Waals surface area contributed by atoms with Crippen molar-refractivity contribution in [3.63, 3.8) is 0 Å². The van der Waals surface area contributed by atoms with Crippen molar-refractivity contribution in [1.82, 2.24) is 25.4 Å². The van der Waals surface area contributed by atoms with Gasteiger partial charge < -0.3 is 10.2 Å². The summed E-state index contributed by atoms with van der Waals surface area (Å²) in [5, 5.41) is 9.29. The molecule has 7 heteroatoms. The number of carbonyl (C=O) groups is 2. The van der Waals surface area contributed by atoms with Gasteiger partial charge in [-0.25, -0.2) is 4.98 Å². The Bertz CT molecular complexity index is 461. The molecule has 7 nitrogen and oxygen atoms in total. The summed E-state index contributed by atoms with van der Waals surface area (Å²) in [6, 6.07) is 0. The smallest absolute Gasteiger partial charge is 0.242 e. The molecule has 0 aliphatic carbocycles. The molecule has 2 N–H and O–H groups in total. The lowest BCUT2D eigenvalue weighted by atomic mass is 9.96. The van der Waals surface area contributed by atoms with Crippen LogP contribution in [-0.2, 0) is 16.1 Å². The Morgan fingerprint density at radius 2 is 2.00 bits per heavy atom. The average Bonchev–Trinajstić information content (AvgIpc) is 2.69. The lowest BCUT2D eigenvalue weighted by Crippen LogP contribution is -2.42. The molecule has 0 aromatic carbocycles. The van der Waals surface area contributed by atoms with E-state index in [4.69, 9.17) is 0 Å². The van der Waals surface area contributed by atoms with E-state index < -0.39 is 5.41 Å². The Hall–Kier alpha value is -1.92. The van der Waals surface area contributed by atoms with Crippen LogP contribution in [-0.4, -0.2) is 45.5 Å². The van der Waals surface area contributed by atoms with E-state index in [1.165, 1.54) is 4.90 Å². The molecule has 0 aliphatic rings. The number of carbonyl (C=O) groups excluding carboxylic acids is 2. The Labute approximate surface area is 112 Å². The minimum Gasteiger partial charge on any atom is -0.347 e. The van der Waals surface area contributed by atoms with E-state index in [0.717, 1.165) is 0 Å². The first-order valence-corrected chi connectivity index (χ1v) is 6.10. The monoisotopic (exact) mass is 267 g/mol. The first kappa shape index (κ1) is 15.1. The van der Waals surface area contributed by atoms with Gasteiger partial charge in [0.1, 0.15) is 5.82 Å². The number of nitrogens with zero attached hydrogens (tertiary/aromatic N) is 3. The van der Waals surface area contributed by atoms with Gasteiger partial charge in [0.2, 0.25) is 11.8 Å². The van der Waals surface area contributed by atoms with Crippen LogP contribution < -0.4 is 5.32 Å². The molecule has 19 heavy (non-hydrogen) atoms. The number of hydrogen-bond donors (Lipinski definition) is 2. The normalized spacial score (nSPS) is 11.2. The molecular weight excluding hydrogens is 246 g/mol. The molecule has 0 fully saturated rings. The highest BCUT2D eigenvalue weighted by Crippen LogP contribution is 2.12. The molecule has 2 amide bonds. The molecular formula is C12H21N5O2. The van der Waals surface area contributed by atoms with Crippen molar-refractivity contribution in [2.45, 2.75) is 34.2 Å². The number of aryl methyl sites for hydroxylation is 1. The average molecular weight is 267 g/mol. The highest BCUT2D eigenvalue weighted by atomic mass is 16.2. The lowest BCUT2D eigenvalue weighted by molar-refractivity contribution is -0.134. The molecule has 1 rings (SSSR count). The minimum atomic E-state index is -0.500. The van der Waals surface area contributed by atoms with Gasteiger partial charge in [-0.15, -0.1) is 0 Å². The Balaban J connectivity index is 2.43. The second-order valence-electron chi connectivity index (χ2n) is 5.52. The van der Waals surface area contributed by atoms with Crippen LogP contribution >= 0.6 is 0 Å². The summed E-state index contributed by atoms with van der Waals surface area (Å²) in [6.07, 6.45) is 0. The quantitative estimate of drug-likeness (QED) is 0.817. The number of aromatic amines is 1. The van der Waals surface area contributed by atoms with Gasteiger partial charge in [-0.05, 0) is 6.92 Å². The Morgan fingerprint density at radius 3 is 2.47 bits per heavy atom. The largest absolute Gasteiger partial charge is 0.347 e. The molecule has 1 aromatic heterocycles. The highest BCUT2D eigenvalue weighted by molar-refractivity contribution is 5.87. The fourth-order valence-corrected chi connectivity index (χ4v) is 1.32. The van der Waals surface area contributed by atoms with Crippen LogP contribution in [0.25, 0.3) is 0 Å². The van der Waals surface area contributed by atoms with Crippen molar-refractivity contribution in [1.29, 1.82) is 0 Å². The summed E-state index contributed by atoms with van der Waals surface area (Å²) in [5.74, 6) is 0.926. The van der Waals surface area contributed by atoms with Crippen LogP contribution in [0.4, 0.5) is 0 Å². The van der Waals surface area contributed by atoms with Crippen molar-refractivity contribution in [3.05, 3.63) is 11.6 Å². The van der Waals surface area contributed by atoms with E-state index in [9.17, 15) is 9.59 Å². The molecule has 0 atom stereocenters. The van der Waals surface area contributed by atoms with Gasteiger partial charge in [-0.2, -0.15) is 5.10 Å². The summed E-state index contributed by atoms with van der Waals surface area (Å²) in [4.78, 5) is 29.1. The highest BCUT2D eigenvalue weighted by Gasteiger charge is 2.22. The number of hydrogen-bond acceptors (Lipinski definition) is 4. The first-order chi connectivity index (χ1) is 8.70. The summed E-state index contributed by atoms with van der Waals surface area (Å²) in [7, 11) is 1.65. The van der Waals surface area contributed by atoms with Crippen molar-refractivity contribution in [3.8, 4) is 0 Å². The van der Waals surface area contributed by atoms with Gasteiger partial charge in [0.15, 0.2) is 5.82 Å². The molecule has 0 bridgehead atoms. The molecule has 1 aromatic rings. The summed E-state index contributed by atoms with van der Waals surface area (Å²) in [6.45, 7) is 7.49. The number of nitrogens with one attached hydrogen (secondary N) is 2. The van der Waals surface area contributed by atoms with E-state index in [1.54, 1.807) is 34.7 Å². The van der Waals surface area contributed by atoms with Crippen LogP contribution in [0.15, 0.2) is 0 Å². The predicted molar refractivity (Wildman–Crippen MR) is 70.1 cm³/mol. The standard InChI is InChI=1S/C12H21N5O2/c1-8-14-9(16-15-8)7-17(5)10(18)6-13-11(19)12(2,3)4/h6-7H2,1-5H3,(H,13,19)(H,14,15,16). The maximum atomic E-state index is 11.8. The van der Waals surface area contributed by atoms with Gasteiger partial charge in [-0.1, -0.05) is 20.8 Å². The maximum Gasteiger partial charge on any atom is 0.242 e. The number of amides is 2. The van der Waals surface area contributed by atoms with Gasteiger partial charge in [0, 0.05) is 12.5 Å². The van der Waals surface area contributed by atoms with E-state index in [-0.39, 0.29) is 18.4 Å². The zero-order valence-corrected chi connectivity index (χ0v) is 12.1. The van der Waals surface area contributed by atoms with Crippen LogP contribution in [0.3, 0.4) is 0 Å². The van der Waals surface area contributed by atoms with E-state index in [2.05, 4.69) is 20.5 Å². The molecule has 106 valence electrons. The van der Waals surface area contributed by atoms with Gasteiger partial charge in [0.25, 0.3) is 0 Å². The number of likely N-dealkylation sites (N-methyl/N-ethyl adjacent to an activating group) is 1. The fraction of sp³-hybridized carbons (Fsp3) is 0.667. The van der Waals surface area contributed by atoms with E-state index in [1.807, 2.05) is 0 Å². The van der Waals surface area contributed by atoms with Gasteiger partial charge >= 0.3 is 0 Å². The zero-order chi connectivity index (χ0) is 14.6. The van der Waals surface area contributed by atoms with Gasteiger partial charge in [-0.3, -0.25) is 14.7 Å². The second-order valence-corrected chi connectivity index (χ2v) is 5.52. The number of aromatic nitrogens is 3. The van der Waals surface area contributed by atoms with E-state index in [0.29, 0.717) is 18.2 Å². The SMILES string of the molecule is Cc1nc(CN(C)C(=O)CNC(=O)C(C)(C)C)n[nH]1. The second kappa shape index (κ2) is 5.81. The zero-order valence-electron chi connectivity index (χ0n) is 12.1. The van der Waals surface area contributed by atoms with E-state index >= 15 is 0 Å². The third-order valence-corrected chi connectivity index (χ3v) is 2.53. The van der Waals surface area contributed by atoms with Crippen LogP contribution in [0, 0.1) is 12.3 Å². The van der Waals surface area contributed by atoms with Crippen LogP contribution in [0.2, 0.25) is 0 Å². The first-order valence-electron chi connectivity index (χ1n) is 6.10. The maximum absolute atomic E-state index is 11.8. The molecule has 0 radical (unpaired) electrons. The minimum absolute atomic E-state index is 0.0178. The molecule has 0 unspecified atom stereocenters. The molecule has 0 aliphatic heterocycles. The molecule has 0 saturated carbocycles. The number of H-pyrrole nitrogens is 1. The van der Waals surface area contributed by atoms with Gasteiger partial charge in [0.05, 0.1) is 13.1 Å². The summed E-state index contributed by atoms with van der Waals surface area (Å²) < 4.78 is 0. The topological polar surface area (TPSA) is 91.0 Å². The predicted octanol–water partition coefficient (Wildman–Crippen LogP) is 0.234. The van der Waals surface area contributed by atoms with Crippen molar-refractivity contribution >= 4 is 11.8 Å². The molecule has 0 spiro atoms. The summed E-state index contributed by atoms with van der Waals surface area (Å²) >= 11 is 0. The van der Waals surface area contributed by atoms with Crippen LogP contribution in [0.1, 0.15) is 32.4 Å². The third kappa shape index (κ3) is 4.69. The summed E-state index contributed by atoms with van der Waals surface area (Å²) in [5.41, 5.74) is -0.500. The Morgan fingerprint density at radius 1 is 1.37 bits per heavy atom. The number of rotatable bonds is 4. The third-order valence-electron chi connectivity index (χ3n) is 2.53. The lowest BCUT2D eigenvalue weighted by Gasteiger charge is -2.20. The molecule has 0 saturated heterocycles. The van der Waals surface area contributed by atoms with Crippen molar-refractivity contribution in [2.24, 2.45) is 5.41 Å². The molecule has 1 heterocycles. The van der Waals surface area contributed by atoms with Crippen LogP contribution in [0.5, 0.6) is 0 Å².